The summed E-state index contributed by atoms with van der Waals surface area (Å²) in [6.45, 7) is 5.88. The van der Waals surface area contributed by atoms with E-state index in [0.29, 0.717) is 89.9 Å². The second-order valence-corrected chi connectivity index (χ2v) is 13.2. The van der Waals surface area contributed by atoms with Gasteiger partial charge in [-0.2, -0.15) is 0 Å². The molecule has 6 rings (SSSR count). The molecule has 5 N–H and O–H groups in total. The molecule has 3 aliphatic heterocycles. The lowest BCUT2D eigenvalue weighted by Crippen LogP contribution is -2.54. The van der Waals surface area contributed by atoms with Crippen LogP contribution in [0.4, 0.5) is 5.69 Å². The minimum atomic E-state index is -1.03. The van der Waals surface area contributed by atoms with Crippen LogP contribution in [0.25, 0.3) is 11.0 Å². The summed E-state index contributed by atoms with van der Waals surface area (Å²) in [5.74, 6) is -2.90. The van der Waals surface area contributed by atoms with Gasteiger partial charge in [-0.15, -0.1) is 0 Å². The van der Waals surface area contributed by atoms with Gasteiger partial charge in [0.2, 0.25) is 17.7 Å². The Balaban J connectivity index is 0.787. The SMILES string of the molecule is O=C(CN1CCN(CCNC(=O)c2cc3cc(O)ccc3oc2=O)CC1)NCCOCCOCCNc1cccc2c1C(=O)N(C1CCC(=O)NC1=O)C2=O. The number of amides is 6. The lowest BCUT2D eigenvalue weighted by molar-refractivity contribution is -0.136. The second kappa shape index (κ2) is 18.1. The van der Waals surface area contributed by atoms with E-state index >= 15 is 0 Å². The van der Waals surface area contributed by atoms with E-state index in [1.807, 2.05) is 0 Å². The molecule has 2 saturated heterocycles. The van der Waals surface area contributed by atoms with Crippen LogP contribution in [0.2, 0.25) is 0 Å². The number of phenolic OH excluding ortho intramolecular Hbond substituents is 1. The van der Waals surface area contributed by atoms with Crippen molar-refractivity contribution in [3.63, 3.8) is 0 Å². The molecule has 0 radical (unpaired) electrons. The monoisotopic (exact) mass is 761 g/mol. The van der Waals surface area contributed by atoms with Gasteiger partial charge in [0, 0.05) is 69.9 Å². The number of carbonyl (C=O) groups is 6. The minimum Gasteiger partial charge on any atom is -0.508 e. The van der Waals surface area contributed by atoms with E-state index in [2.05, 4.69) is 31.1 Å². The first kappa shape index (κ1) is 39.0. The molecule has 1 aromatic heterocycles. The van der Waals surface area contributed by atoms with E-state index in [1.165, 1.54) is 30.3 Å². The van der Waals surface area contributed by atoms with Gasteiger partial charge >= 0.3 is 5.63 Å². The Morgan fingerprint density at radius 1 is 0.855 bits per heavy atom. The largest absolute Gasteiger partial charge is 0.508 e. The average molecular weight is 762 g/mol. The van der Waals surface area contributed by atoms with E-state index < -0.39 is 41.2 Å². The van der Waals surface area contributed by atoms with Crippen LogP contribution in [-0.2, 0) is 23.9 Å². The Labute approximate surface area is 315 Å². The summed E-state index contributed by atoms with van der Waals surface area (Å²) in [6.07, 6.45) is 0.132. The van der Waals surface area contributed by atoms with Crippen LogP contribution in [0.1, 0.15) is 43.9 Å². The smallest absolute Gasteiger partial charge is 0.349 e. The molecule has 2 fully saturated rings. The molecule has 3 aliphatic rings. The molecule has 55 heavy (non-hydrogen) atoms. The van der Waals surface area contributed by atoms with Crippen molar-refractivity contribution < 1.29 is 47.8 Å². The maximum Gasteiger partial charge on any atom is 0.349 e. The Morgan fingerprint density at radius 2 is 1.60 bits per heavy atom. The number of carbonyl (C=O) groups excluding carboxylic acids is 6. The second-order valence-electron chi connectivity index (χ2n) is 13.2. The number of fused-ring (bicyclic) bond motifs is 2. The highest BCUT2D eigenvalue weighted by Crippen LogP contribution is 2.32. The van der Waals surface area contributed by atoms with E-state index in [0.717, 1.165) is 4.90 Å². The Hall–Kier alpha value is -5.69. The number of piperazine rings is 1. The zero-order chi connectivity index (χ0) is 38.9. The summed E-state index contributed by atoms with van der Waals surface area (Å²) in [4.78, 5) is 92.5. The Morgan fingerprint density at radius 3 is 2.36 bits per heavy atom. The predicted molar refractivity (Wildman–Crippen MR) is 196 cm³/mol. The molecule has 0 saturated carbocycles. The topological polar surface area (TPSA) is 229 Å². The first-order chi connectivity index (χ1) is 26.6. The maximum absolute atomic E-state index is 13.2. The third kappa shape index (κ3) is 9.71. The van der Waals surface area contributed by atoms with Gasteiger partial charge in [-0.3, -0.25) is 48.8 Å². The highest BCUT2D eigenvalue weighted by atomic mass is 16.5. The van der Waals surface area contributed by atoms with E-state index in [9.17, 15) is 38.7 Å². The number of imide groups is 2. The molecule has 6 amide bonds. The highest BCUT2D eigenvalue weighted by Gasteiger charge is 2.45. The summed E-state index contributed by atoms with van der Waals surface area (Å²) in [7, 11) is 0. The number of aromatic hydroxyl groups is 1. The van der Waals surface area contributed by atoms with Crippen LogP contribution in [-0.4, -0.2) is 147 Å². The van der Waals surface area contributed by atoms with Gasteiger partial charge in [-0.1, -0.05) is 6.07 Å². The highest BCUT2D eigenvalue weighted by molar-refractivity contribution is 6.25. The molecule has 292 valence electrons. The summed E-state index contributed by atoms with van der Waals surface area (Å²) in [6, 6.07) is 9.51. The minimum absolute atomic E-state index is 0.000375. The van der Waals surface area contributed by atoms with Crippen LogP contribution in [0, 0.1) is 0 Å². The molecule has 0 bridgehead atoms. The summed E-state index contributed by atoms with van der Waals surface area (Å²) < 4.78 is 16.3. The number of benzene rings is 2. The number of piperidine rings is 1. The van der Waals surface area contributed by atoms with Gasteiger partial charge in [0.15, 0.2) is 0 Å². The van der Waals surface area contributed by atoms with Crippen molar-refractivity contribution in [2.75, 3.05) is 90.6 Å². The normalized spacial score (nSPS) is 17.7. The number of rotatable bonds is 17. The molecule has 18 heteroatoms. The zero-order valence-corrected chi connectivity index (χ0v) is 30.1. The van der Waals surface area contributed by atoms with Crippen molar-refractivity contribution in [3.8, 4) is 5.75 Å². The maximum atomic E-state index is 13.2. The molecule has 0 aliphatic carbocycles. The molecular weight excluding hydrogens is 718 g/mol. The molecule has 1 unspecified atom stereocenters. The van der Waals surface area contributed by atoms with Crippen LogP contribution < -0.4 is 26.9 Å². The quantitative estimate of drug-likeness (QED) is 0.0665. The van der Waals surface area contributed by atoms with E-state index in [1.54, 1.807) is 12.1 Å². The fourth-order valence-electron chi connectivity index (χ4n) is 6.63. The standard InChI is InChI=1S/C37H43N7O11/c45-24-4-6-29-23(20-24)21-26(37(52)55-29)33(48)40-8-11-42-12-14-43(15-13-42)22-31(47)39-10-17-54-19-18-53-16-9-38-27-3-1-2-25-32(27)36(51)44(35(25)50)28-5-7-30(46)41-34(28)49/h1-4,6,20-21,28,38,45H,5,7-19,22H2,(H,39,47)(H,40,48)(H,41,46,49). The van der Waals surface area contributed by atoms with Crippen molar-refractivity contribution in [2.45, 2.75) is 18.9 Å². The van der Waals surface area contributed by atoms with E-state index in [-0.39, 0.29) is 53.3 Å². The Bertz CT molecular complexity index is 2010. The van der Waals surface area contributed by atoms with Crippen molar-refractivity contribution in [1.29, 1.82) is 0 Å². The van der Waals surface area contributed by atoms with Gasteiger partial charge in [0.05, 0.1) is 44.1 Å². The number of anilines is 1. The third-order valence-corrected chi connectivity index (χ3v) is 9.48. The van der Waals surface area contributed by atoms with Crippen molar-refractivity contribution in [2.24, 2.45) is 0 Å². The summed E-state index contributed by atoms with van der Waals surface area (Å²) in [5.41, 5.74) is 0.230. The third-order valence-electron chi connectivity index (χ3n) is 9.48. The first-order valence-corrected chi connectivity index (χ1v) is 18.1. The number of hydrogen-bond acceptors (Lipinski definition) is 14. The molecule has 18 nitrogen and oxygen atoms in total. The molecule has 3 aromatic rings. The number of nitrogens with one attached hydrogen (secondary N) is 4. The first-order valence-electron chi connectivity index (χ1n) is 18.1. The molecule has 2 aromatic carbocycles. The number of ether oxygens (including phenoxy) is 2. The van der Waals surface area contributed by atoms with Crippen LogP contribution in [0.15, 0.2) is 51.7 Å². The van der Waals surface area contributed by atoms with Gasteiger partial charge < -0.3 is 34.9 Å². The van der Waals surface area contributed by atoms with Crippen LogP contribution in [0.5, 0.6) is 5.75 Å². The van der Waals surface area contributed by atoms with Crippen LogP contribution in [0.3, 0.4) is 0 Å². The molecule has 1 atom stereocenters. The fraction of sp³-hybridized carbons (Fsp3) is 0.432. The molecule has 0 spiro atoms. The van der Waals surface area contributed by atoms with Crippen molar-refractivity contribution >= 4 is 52.1 Å². The number of phenols is 1. The average Bonchev–Trinajstić information content (AvgIpc) is 3.42. The zero-order valence-electron chi connectivity index (χ0n) is 30.1. The van der Waals surface area contributed by atoms with Crippen molar-refractivity contribution in [3.05, 3.63) is 69.6 Å². The Kier molecular flexibility index (Phi) is 12.8. The predicted octanol–water partition coefficient (Wildman–Crippen LogP) is -0.491. The van der Waals surface area contributed by atoms with Crippen LogP contribution >= 0.6 is 0 Å². The van der Waals surface area contributed by atoms with Gasteiger partial charge in [-0.05, 0) is 42.8 Å². The van der Waals surface area contributed by atoms with E-state index in [4.69, 9.17) is 13.9 Å². The molecule has 4 heterocycles. The fourth-order valence-corrected chi connectivity index (χ4v) is 6.63. The van der Waals surface area contributed by atoms with Crippen molar-refractivity contribution in [1.82, 2.24) is 30.7 Å². The lowest BCUT2D eigenvalue weighted by Gasteiger charge is -2.34. The lowest BCUT2D eigenvalue weighted by atomic mass is 10.0. The summed E-state index contributed by atoms with van der Waals surface area (Å²) in [5, 5.41) is 21.0. The summed E-state index contributed by atoms with van der Waals surface area (Å²) >= 11 is 0. The number of nitrogens with zero attached hydrogens (tertiary/aromatic N) is 3. The van der Waals surface area contributed by atoms with Gasteiger partial charge in [0.25, 0.3) is 17.7 Å². The van der Waals surface area contributed by atoms with Gasteiger partial charge in [-0.25, -0.2) is 4.79 Å². The van der Waals surface area contributed by atoms with Gasteiger partial charge in [0.1, 0.15) is 22.9 Å². The number of hydrogen-bond donors (Lipinski definition) is 5. The molecular formula is C37H43N7O11.